The van der Waals surface area contributed by atoms with Crippen LogP contribution in [0.1, 0.15) is 29.7 Å². The van der Waals surface area contributed by atoms with E-state index in [1.165, 1.54) is 0 Å². The molecule has 23 heavy (non-hydrogen) atoms. The molecule has 2 rings (SSSR count). The Balaban J connectivity index is 2.02. The molecule has 0 radical (unpaired) electrons. The third kappa shape index (κ3) is 4.03. The molecule has 2 N–H and O–H groups in total. The zero-order valence-corrected chi connectivity index (χ0v) is 14.2. The zero-order valence-electron chi connectivity index (χ0n) is 14.2. The normalized spacial score (nSPS) is 13.8. The van der Waals surface area contributed by atoms with Crippen molar-refractivity contribution >= 4 is 0 Å². The van der Waals surface area contributed by atoms with Gasteiger partial charge in [0.2, 0.25) is 5.88 Å². The van der Waals surface area contributed by atoms with Gasteiger partial charge in [-0.15, -0.1) is 0 Å². The van der Waals surface area contributed by atoms with E-state index in [9.17, 15) is 5.11 Å². The Kier molecular flexibility index (Phi) is 5.28. The molecular formula is C17H25N3O3. The number of nitrogens with one attached hydrogen (secondary N) is 1. The third-order valence-corrected chi connectivity index (χ3v) is 3.67. The molecule has 0 saturated carbocycles. The number of rotatable bonds is 8. The van der Waals surface area contributed by atoms with Gasteiger partial charge in [-0.05, 0) is 32.9 Å². The van der Waals surface area contributed by atoms with Gasteiger partial charge >= 0.3 is 0 Å². The second-order valence-corrected chi connectivity index (χ2v) is 5.88. The monoisotopic (exact) mass is 319 g/mol. The number of nitrogens with zero attached hydrogens (tertiary/aromatic N) is 2. The van der Waals surface area contributed by atoms with E-state index in [2.05, 4.69) is 17.0 Å². The third-order valence-electron chi connectivity index (χ3n) is 3.67. The predicted molar refractivity (Wildman–Crippen MR) is 88.4 cm³/mol. The van der Waals surface area contributed by atoms with E-state index in [1.54, 1.807) is 23.7 Å². The molecule has 2 aromatic heterocycles. The molecule has 6 heteroatoms. The highest BCUT2D eigenvalue weighted by Crippen LogP contribution is 2.24. The average Bonchev–Trinajstić information content (AvgIpc) is 3.02. The lowest BCUT2D eigenvalue weighted by molar-refractivity contribution is 0.0332. The fourth-order valence-electron chi connectivity index (χ4n) is 2.44. The van der Waals surface area contributed by atoms with Crippen LogP contribution < -0.4 is 10.1 Å². The van der Waals surface area contributed by atoms with Crippen molar-refractivity contribution in [2.24, 2.45) is 7.05 Å². The molecule has 1 atom stereocenters. The standard InChI is InChI=1S/C17H25N3O3/c1-6-9-22-16-14(13(3)19-20(16)5)10-18-11-17(4,21)15-8-7-12(2)23-15/h6-8,18,21H,1,9-11H2,2-5H3. The molecular weight excluding hydrogens is 294 g/mol. The van der Waals surface area contributed by atoms with Crippen LogP contribution in [0.15, 0.2) is 29.2 Å². The quantitative estimate of drug-likeness (QED) is 0.730. The number of furan rings is 1. The lowest BCUT2D eigenvalue weighted by Crippen LogP contribution is -2.35. The van der Waals surface area contributed by atoms with Crippen LogP contribution in [-0.4, -0.2) is 28.0 Å². The van der Waals surface area contributed by atoms with Crippen molar-refractivity contribution in [2.75, 3.05) is 13.2 Å². The summed E-state index contributed by atoms with van der Waals surface area (Å²) in [5, 5.41) is 18.2. The van der Waals surface area contributed by atoms with Crippen molar-refractivity contribution < 1.29 is 14.3 Å². The van der Waals surface area contributed by atoms with Gasteiger partial charge in [-0.3, -0.25) is 0 Å². The summed E-state index contributed by atoms with van der Waals surface area (Å²) in [7, 11) is 1.84. The lowest BCUT2D eigenvalue weighted by Gasteiger charge is -2.21. The van der Waals surface area contributed by atoms with Gasteiger partial charge < -0.3 is 19.6 Å². The van der Waals surface area contributed by atoms with Crippen LogP contribution in [0.25, 0.3) is 0 Å². The van der Waals surface area contributed by atoms with Crippen molar-refractivity contribution in [1.82, 2.24) is 15.1 Å². The Morgan fingerprint density at radius 2 is 2.22 bits per heavy atom. The van der Waals surface area contributed by atoms with Gasteiger partial charge in [0.05, 0.1) is 11.3 Å². The summed E-state index contributed by atoms with van der Waals surface area (Å²) >= 11 is 0. The smallest absolute Gasteiger partial charge is 0.216 e. The maximum atomic E-state index is 10.5. The number of ether oxygens (including phenoxy) is 1. The molecule has 0 aliphatic heterocycles. The summed E-state index contributed by atoms with van der Waals surface area (Å²) in [6, 6.07) is 3.64. The summed E-state index contributed by atoms with van der Waals surface area (Å²) in [6.07, 6.45) is 1.70. The van der Waals surface area contributed by atoms with E-state index in [0.717, 1.165) is 17.0 Å². The first-order valence-electron chi connectivity index (χ1n) is 7.61. The second kappa shape index (κ2) is 7.02. The van der Waals surface area contributed by atoms with Gasteiger partial charge in [0.1, 0.15) is 23.7 Å². The highest BCUT2D eigenvalue weighted by atomic mass is 16.5. The first-order chi connectivity index (χ1) is 10.8. The van der Waals surface area contributed by atoms with Crippen LogP contribution in [0.2, 0.25) is 0 Å². The van der Waals surface area contributed by atoms with Crippen molar-refractivity contribution in [3.63, 3.8) is 0 Å². The molecule has 0 spiro atoms. The molecule has 0 aliphatic rings. The average molecular weight is 319 g/mol. The Bertz CT molecular complexity index is 671. The first kappa shape index (κ1) is 17.3. The highest BCUT2D eigenvalue weighted by molar-refractivity contribution is 5.31. The predicted octanol–water partition coefficient (Wildman–Crippen LogP) is 2.19. The maximum absolute atomic E-state index is 10.5. The van der Waals surface area contributed by atoms with E-state index in [4.69, 9.17) is 9.15 Å². The molecule has 1 unspecified atom stereocenters. The van der Waals surface area contributed by atoms with Crippen LogP contribution in [0.5, 0.6) is 5.88 Å². The minimum absolute atomic E-state index is 0.356. The minimum atomic E-state index is -1.08. The van der Waals surface area contributed by atoms with Gasteiger partial charge in [0.25, 0.3) is 0 Å². The highest BCUT2D eigenvalue weighted by Gasteiger charge is 2.26. The Labute approximate surface area is 136 Å². The number of hydrogen-bond acceptors (Lipinski definition) is 5. The van der Waals surface area contributed by atoms with E-state index in [0.29, 0.717) is 31.3 Å². The molecule has 126 valence electrons. The summed E-state index contributed by atoms with van der Waals surface area (Å²) in [6.45, 7) is 10.5. The molecule has 0 aromatic carbocycles. The first-order valence-corrected chi connectivity index (χ1v) is 7.61. The van der Waals surface area contributed by atoms with Gasteiger partial charge in [-0.2, -0.15) is 5.10 Å². The molecule has 0 fully saturated rings. The van der Waals surface area contributed by atoms with E-state index in [-0.39, 0.29) is 0 Å². The second-order valence-electron chi connectivity index (χ2n) is 5.88. The molecule has 0 bridgehead atoms. The van der Waals surface area contributed by atoms with Crippen LogP contribution in [0.3, 0.4) is 0 Å². The largest absolute Gasteiger partial charge is 0.473 e. The van der Waals surface area contributed by atoms with E-state index >= 15 is 0 Å². The van der Waals surface area contributed by atoms with E-state index < -0.39 is 5.60 Å². The molecule has 2 heterocycles. The maximum Gasteiger partial charge on any atom is 0.216 e. The summed E-state index contributed by atoms with van der Waals surface area (Å²) in [5.74, 6) is 2.04. The Morgan fingerprint density at radius 3 is 2.83 bits per heavy atom. The van der Waals surface area contributed by atoms with Gasteiger partial charge in [0.15, 0.2) is 0 Å². The summed E-state index contributed by atoms with van der Waals surface area (Å²) < 4.78 is 12.9. The zero-order chi connectivity index (χ0) is 17.0. The molecule has 2 aromatic rings. The fraction of sp³-hybridized carbons (Fsp3) is 0.471. The van der Waals surface area contributed by atoms with Crippen LogP contribution >= 0.6 is 0 Å². The fourth-order valence-corrected chi connectivity index (χ4v) is 2.44. The molecule has 0 amide bonds. The van der Waals surface area contributed by atoms with Gasteiger partial charge in [-0.25, -0.2) is 4.68 Å². The van der Waals surface area contributed by atoms with Gasteiger partial charge in [-0.1, -0.05) is 12.7 Å². The molecule has 0 aliphatic carbocycles. The number of hydrogen-bond donors (Lipinski definition) is 2. The number of aliphatic hydroxyl groups is 1. The SMILES string of the molecule is C=CCOc1c(CNCC(C)(O)c2ccc(C)o2)c(C)nn1C. The number of aromatic nitrogens is 2. The Morgan fingerprint density at radius 1 is 1.48 bits per heavy atom. The van der Waals surface area contributed by atoms with Crippen LogP contribution in [-0.2, 0) is 19.2 Å². The Hall–Kier alpha value is -2.05. The van der Waals surface area contributed by atoms with Crippen molar-refractivity contribution in [2.45, 2.75) is 32.9 Å². The molecule has 0 saturated heterocycles. The van der Waals surface area contributed by atoms with Crippen LogP contribution in [0.4, 0.5) is 0 Å². The van der Waals surface area contributed by atoms with Gasteiger partial charge in [0, 0.05) is 20.1 Å². The van der Waals surface area contributed by atoms with Crippen molar-refractivity contribution in [3.8, 4) is 5.88 Å². The number of aryl methyl sites for hydroxylation is 3. The minimum Gasteiger partial charge on any atom is -0.473 e. The van der Waals surface area contributed by atoms with Crippen LogP contribution in [0, 0.1) is 13.8 Å². The summed E-state index contributed by atoms with van der Waals surface area (Å²) in [4.78, 5) is 0. The van der Waals surface area contributed by atoms with Crippen molar-refractivity contribution in [3.05, 3.63) is 47.6 Å². The molecule has 6 nitrogen and oxygen atoms in total. The lowest BCUT2D eigenvalue weighted by atomic mass is 10.0. The van der Waals surface area contributed by atoms with E-state index in [1.807, 2.05) is 27.0 Å². The topological polar surface area (TPSA) is 72.4 Å². The summed E-state index contributed by atoms with van der Waals surface area (Å²) in [5.41, 5.74) is 0.792. The van der Waals surface area contributed by atoms with Crippen molar-refractivity contribution in [1.29, 1.82) is 0 Å².